The lowest BCUT2D eigenvalue weighted by Crippen LogP contribution is -2.49. The van der Waals surface area contributed by atoms with Crippen molar-refractivity contribution in [1.82, 2.24) is 40.8 Å². The molecule has 0 bridgehead atoms. The average Bonchev–Trinajstić information content (AvgIpc) is 4.09. The normalized spacial score (nSPS) is 18.5. The Morgan fingerprint density at radius 1 is 0.638 bits per heavy atom. The Bertz CT molecular complexity index is 2030. The topological polar surface area (TPSA) is 178 Å². The van der Waals surface area contributed by atoms with E-state index in [4.69, 9.17) is 19.4 Å². The highest BCUT2D eigenvalue weighted by Gasteiger charge is 2.34. The number of carbonyl (C=O) groups is 4. The lowest BCUT2D eigenvalue weighted by Gasteiger charge is -2.25. The second-order valence-corrected chi connectivity index (χ2v) is 19.4. The van der Waals surface area contributed by atoms with E-state index in [2.05, 4.69) is 55.1 Å². The van der Waals surface area contributed by atoms with Gasteiger partial charge in [-0.15, -0.1) is 0 Å². The number of aromatic nitrogens is 4. The monoisotopic (exact) mass is 951 g/mol. The second-order valence-electron chi connectivity index (χ2n) is 19.4. The minimum Gasteiger partial charge on any atom is -0.464 e. The van der Waals surface area contributed by atoms with E-state index in [0.29, 0.717) is 32.6 Å². The van der Waals surface area contributed by atoms with Crippen LogP contribution in [-0.2, 0) is 73.7 Å². The summed E-state index contributed by atoms with van der Waals surface area (Å²) >= 11 is 0. The Balaban J connectivity index is 0.000000232. The van der Waals surface area contributed by atoms with Gasteiger partial charge in [0.25, 0.3) is 0 Å². The summed E-state index contributed by atoms with van der Waals surface area (Å²) in [6.07, 6.45) is 30.6. The van der Waals surface area contributed by atoms with Gasteiger partial charge in [0, 0.05) is 35.5 Å². The van der Waals surface area contributed by atoms with Crippen LogP contribution < -0.4 is 16.0 Å². The fourth-order valence-electron chi connectivity index (χ4n) is 10.3. The van der Waals surface area contributed by atoms with Gasteiger partial charge >= 0.3 is 11.9 Å². The number of nitrogens with zero attached hydrogens (tertiary/aromatic N) is 5. The molecular weight excluding hydrogens is 869 g/mol. The number of unbranched alkanes of at least 4 members (excludes halogenated alkanes) is 8. The maximum absolute atomic E-state index is 13.2. The van der Waals surface area contributed by atoms with E-state index in [1.807, 2.05) is 6.07 Å². The minimum atomic E-state index is -0.594. The molecule has 0 spiro atoms. The van der Waals surface area contributed by atoms with Gasteiger partial charge in [0.2, 0.25) is 11.8 Å². The van der Waals surface area contributed by atoms with Crippen molar-refractivity contribution in [2.45, 2.75) is 212 Å². The zero-order chi connectivity index (χ0) is 48.5. The van der Waals surface area contributed by atoms with Crippen LogP contribution in [0.1, 0.15) is 182 Å². The van der Waals surface area contributed by atoms with Crippen LogP contribution in [0.15, 0.2) is 42.9 Å². The fourth-order valence-corrected chi connectivity index (χ4v) is 10.3. The van der Waals surface area contributed by atoms with Crippen LogP contribution in [0.3, 0.4) is 0 Å². The Labute approximate surface area is 412 Å². The van der Waals surface area contributed by atoms with Crippen LogP contribution >= 0.6 is 0 Å². The quantitative estimate of drug-likeness (QED) is 0.0523. The molecule has 0 saturated carbocycles. The number of hydrogen-bond acceptors (Lipinski definition) is 12. The number of nitrogens with one attached hydrogen (secondary N) is 3. The highest BCUT2D eigenvalue weighted by Crippen LogP contribution is 2.23. The van der Waals surface area contributed by atoms with Crippen molar-refractivity contribution in [3.63, 3.8) is 0 Å². The maximum Gasteiger partial charge on any atom is 0.328 e. The van der Waals surface area contributed by atoms with E-state index in [9.17, 15) is 19.2 Å². The Morgan fingerprint density at radius 2 is 1.19 bits per heavy atom. The van der Waals surface area contributed by atoms with E-state index >= 15 is 0 Å². The van der Waals surface area contributed by atoms with Crippen LogP contribution in [-0.4, -0.2) is 99.1 Å². The van der Waals surface area contributed by atoms with Crippen molar-refractivity contribution in [1.29, 1.82) is 0 Å². The molecule has 7 rings (SSSR count). The van der Waals surface area contributed by atoms with Crippen molar-refractivity contribution in [2.75, 3.05) is 26.3 Å². The highest BCUT2D eigenvalue weighted by molar-refractivity contribution is 5.88. The third-order valence-electron chi connectivity index (χ3n) is 14.1. The first kappa shape index (κ1) is 53.5. The zero-order valence-corrected chi connectivity index (χ0v) is 42.0. The molecule has 0 aromatic carbocycles. The molecule has 4 aliphatic rings. The zero-order valence-electron chi connectivity index (χ0n) is 42.0. The van der Waals surface area contributed by atoms with Crippen molar-refractivity contribution >= 4 is 23.8 Å². The van der Waals surface area contributed by atoms with Crippen LogP contribution in [0.5, 0.6) is 0 Å². The van der Waals surface area contributed by atoms with Gasteiger partial charge in [-0.3, -0.25) is 24.5 Å². The first-order chi connectivity index (χ1) is 33.8. The van der Waals surface area contributed by atoms with Crippen molar-refractivity contribution < 1.29 is 28.7 Å². The van der Waals surface area contributed by atoms with Crippen LogP contribution in [0.4, 0.5) is 0 Å². The molecule has 3 aromatic rings. The molecule has 2 saturated heterocycles. The molecule has 0 unspecified atom stereocenters. The number of fused-ring (bicyclic) bond motifs is 2. The molecule has 5 heterocycles. The van der Waals surface area contributed by atoms with Gasteiger partial charge in [-0.05, 0) is 172 Å². The fraction of sp³-hybridized carbons (Fsp3) is 0.673. The van der Waals surface area contributed by atoms with E-state index in [-0.39, 0.29) is 35.8 Å². The molecule has 2 aliphatic heterocycles. The van der Waals surface area contributed by atoms with Gasteiger partial charge in [0.05, 0.1) is 31.0 Å². The summed E-state index contributed by atoms with van der Waals surface area (Å²) in [5.74, 6) is -0.813. The average molecular weight is 951 g/mol. The molecule has 378 valence electrons. The summed E-state index contributed by atoms with van der Waals surface area (Å²) in [4.78, 5) is 70.6. The van der Waals surface area contributed by atoms with Crippen LogP contribution in [0.2, 0.25) is 0 Å². The number of rotatable bonds is 26. The van der Waals surface area contributed by atoms with E-state index in [1.165, 1.54) is 85.2 Å². The first-order valence-electron chi connectivity index (χ1n) is 26.9. The summed E-state index contributed by atoms with van der Waals surface area (Å²) in [5, 5.41) is 9.10. The smallest absolute Gasteiger partial charge is 0.328 e. The SMILES string of the molecule is CCOC(=O)[C@H](CCCCCCCc1ccc2c(n1)CCCC2)NC(=O)[C@@H]1CCCN1.CCOC(=O)[C@H](CCCCCCCc1ccc2c(n1)CCCC2)NC(=O)[C@@H]1CCCN1Cc1ccncn1. The maximum atomic E-state index is 13.2. The number of hydrogen-bond donors (Lipinski definition) is 3. The summed E-state index contributed by atoms with van der Waals surface area (Å²) in [7, 11) is 0. The Morgan fingerprint density at radius 3 is 1.72 bits per heavy atom. The first-order valence-corrected chi connectivity index (χ1v) is 26.9. The molecule has 3 N–H and O–H groups in total. The molecule has 14 heteroatoms. The molecule has 4 atom stereocenters. The molecule has 2 amide bonds. The molecule has 2 aliphatic carbocycles. The van der Waals surface area contributed by atoms with Gasteiger partial charge in [-0.25, -0.2) is 19.6 Å². The van der Waals surface area contributed by atoms with Gasteiger partial charge in [-0.1, -0.05) is 63.5 Å². The number of ether oxygens (including phenoxy) is 2. The molecular formula is C55H82N8O6. The summed E-state index contributed by atoms with van der Waals surface area (Å²) in [6.45, 7) is 6.55. The van der Waals surface area contributed by atoms with Crippen LogP contribution in [0, 0.1) is 0 Å². The van der Waals surface area contributed by atoms with Gasteiger partial charge in [0.15, 0.2) is 0 Å². The van der Waals surface area contributed by atoms with E-state index in [1.54, 1.807) is 20.0 Å². The van der Waals surface area contributed by atoms with Gasteiger partial charge in [0.1, 0.15) is 18.4 Å². The predicted octanol–water partition coefficient (Wildman–Crippen LogP) is 7.99. The van der Waals surface area contributed by atoms with E-state index in [0.717, 1.165) is 128 Å². The lowest BCUT2D eigenvalue weighted by molar-refractivity contribution is -0.148. The number of esters is 2. The number of likely N-dealkylation sites (tertiary alicyclic amines) is 1. The van der Waals surface area contributed by atoms with E-state index < -0.39 is 12.1 Å². The van der Waals surface area contributed by atoms with Gasteiger partial charge < -0.3 is 25.4 Å². The number of pyridine rings is 2. The van der Waals surface area contributed by atoms with Crippen molar-refractivity contribution in [2.24, 2.45) is 0 Å². The Kier molecular flexibility index (Phi) is 23.3. The highest BCUT2D eigenvalue weighted by atomic mass is 16.5. The Hall–Kier alpha value is -4.82. The summed E-state index contributed by atoms with van der Waals surface area (Å²) in [6, 6.07) is 9.29. The van der Waals surface area contributed by atoms with Crippen molar-refractivity contribution in [3.8, 4) is 0 Å². The molecule has 2 fully saturated rings. The number of aryl methyl sites for hydroxylation is 6. The third kappa shape index (κ3) is 18.1. The summed E-state index contributed by atoms with van der Waals surface area (Å²) in [5.41, 5.74) is 8.86. The lowest BCUT2D eigenvalue weighted by atomic mass is 9.95. The molecule has 0 radical (unpaired) electrons. The standard InChI is InChI=1S/C30H43N5O3.C25H39N3O3/c1-2-38-30(37)27(34-29(36)28-15-10-20-35(28)21-25-18-19-31-22-32-25)14-7-5-3-4-6-12-24-17-16-23-11-8-9-13-26(23)33-24;1-2-31-25(30)23(28-24(29)22-15-10-18-26-22)14-7-5-3-4-6-12-20-17-16-19-11-8-9-13-21(19)27-20/h16-19,22,27-28H,2-15,20-21H2,1H3,(H,34,36);16-17,22-23,26H,2-15,18H2,1H3,(H,28,29)/t27-,28-;22-,23-/m00/s1. The summed E-state index contributed by atoms with van der Waals surface area (Å²) < 4.78 is 10.5. The van der Waals surface area contributed by atoms with Crippen LogP contribution in [0.25, 0.3) is 0 Å². The second kappa shape index (κ2) is 30.0. The molecule has 14 nitrogen and oxygen atoms in total. The number of carbonyl (C=O) groups excluding carboxylic acids is 4. The molecule has 69 heavy (non-hydrogen) atoms. The van der Waals surface area contributed by atoms with Crippen molar-refractivity contribution in [3.05, 3.63) is 82.5 Å². The number of amides is 2. The molecule has 3 aromatic heterocycles. The predicted molar refractivity (Wildman–Crippen MR) is 268 cm³/mol. The largest absolute Gasteiger partial charge is 0.464 e. The van der Waals surface area contributed by atoms with Gasteiger partial charge in [-0.2, -0.15) is 0 Å². The minimum absolute atomic E-state index is 0.0758. The third-order valence-corrected chi connectivity index (χ3v) is 14.1.